The Morgan fingerprint density at radius 3 is 1.04 bits per heavy atom. The lowest BCUT2D eigenvalue weighted by atomic mass is 10.1. The Labute approximate surface area is 308 Å². The molecule has 0 saturated heterocycles. The van der Waals surface area contributed by atoms with E-state index in [0.717, 1.165) is 8.95 Å². The van der Waals surface area contributed by atoms with Gasteiger partial charge in [0.05, 0.1) is 0 Å². The largest absolute Gasteiger partial charge is 0.149 e. The van der Waals surface area contributed by atoms with Crippen molar-refractivity contribution in [3.8, 4) is 0 Å². The molecule has 0 nitrogen and oxygen atoms in total. The van der Waals surface area contributed by atoms with Crippen LogP contribution in [-0.4, -0.2) is 10.1 Å². The number of benzene rings is 7. The van der Waals surface area contributed by atoms with Crippen LogP contribution in [0.5, 0.6) is 0 Å². The summed E-state index contributed by atoms with van der Waals surface area (Å²) in [4.78, 5) is 0. The lowest BCUT2D eigenvalue weighted by Gasteiger charge is -2.31. The van der Waals surface area contributed by atoms with E-state index >= 15 is 0 Å². The summed E-state index contributed by atoms with van der Waals surface area (Å²) < 4.78 is 2.13. The lowest BCUT2D eigenvalue weighted by Crippen LogP contribution is -2.36. The molecule has 49 heavy (non-hydrogen) atoms. The zero-order valence-electron chi connectivity index (χ0n) is 26.6. The summed E-state index contributed by atoms with van der Waals surface area (Å²) in [5.74, 6) is 0. The van der Waals surface area contributed by atoms with Crippen molar-refractivity contribution in [2.75, 3.05) is 0 Å². The van der Waals surface area contributed by atoms with E-state index in [9.17, 15) is 0 Å². The van der Waals surface area contributed by atoms with Gasteiger partial charge in [0.25, 0.3) is 0 Å². The molecular weight excluding hydrogens is 781 g/mol. The van der Waals surface area contributed by atoms with Gasteiger partial charge in [-0.3, -0.25) is 0 Å². The molecule has 1 heterocycles. The van der Waals surface area contributed by atoms with Crippen LogP contribution in [0.3, 0.4) is 0 Å². The highest BCUT2D eigenvalue weighted by atomic mass is 79.9. The Kier molecular flexibility index (Phi) is 9.29. The quantitative estimate of drug-likeness (QED) is 0.141. The molecule has 7 aromatic rings. The fourth-order valence-electron chi connectivity index (χ4n) is 7.19. The lowest BCUT2D eigenvalue weighted by molar-refractivity contribution is 1.56. The van der Waals surface area contributed by atoms with Gasteiger partial charge in [-0.1, -0.05) is 146 Å². The van der Waals surface area contributed by atoms with Crippen LogP contribution in [-0.2, 0) is 0 Å². The highest BCUT2D eigenvalue weighted by Gasteiger charge is 2.53. The molecule has 0 aliphatic carbocycles. The molecule has 0 radical (unpaired) electrons. The maximum atomic E-state index is 3.97. The summed E-state index contributed by atoms with van der Waals surface area (Å²) >= 11 is 7.93. The molecule has 8 rings (SSSR count). The molecule has 236 valence electrons. The summed E-state index contributed by atoms with van der Waals surface area (Å²) in [6, 6.07) is 72.4. The van der Waals surface area contributed by atoms with Crippen LogP contribution in [0.2, 0.25) is 0 Å². The summed E-state index contributed by atoms with van der Waals surface area (Å²) in [6.07, 6.45) is 0. The predicted octanol–water partition coefficient (Wildman–Crippen LogP) is 10.1. The van der Waals surface area contributed by atoms with Crippen molar-refractivity contribution in [2.24, 2.45) is 0 Å². The Bertz CT molecular complexity index is 2120. The molecule has 0 unspecified atom stereocenters. The van der Waals surface area contributed by atoms with E-state index < -0.39 is 14.1 Å². The monoisotopic (exact) mass is 811 g/mol. The van der Waals surface area contributed by atoms with Gasteiger partial charge in [-0.15, -0.1) is 0 Å². The second-order valence-corrected chi connectivity index (χ2v) is 22.1. The van der Waals surface area contributed by atoms with Crippen molar-refractivity contribution in [1.29, 1.82) is 0 Å². The summed E-state index contributed by atoms with van der Waals surface area (Å²) in [5, 5.41) is 11.1. The minimum absolute atomic E-state index is 1.07. The molecule has 0 aromatic heterocycles. The van der Waals surface area contributed by atoms with Gasteiger partial charge < -0.3 is 0 Å². The van der Waals surface area contributed by atoms with Crippen molar-refractivity contribution in [2.45, 2.75) is 0 Å². The first-order chi connectivity index (χ1) is 24.1. The number of halogens is 2. The second-order valence-electron chi connectivity index (χ2n) is 11.9. The molecule has 5 heteroatoms. The number of fused-ring (bicyclic) bond motifs is 1. The van der Waals surface area contributed by atoms with Crippen molar-refractivity contribution < 1.29 is 0 Å². The van der Waals surface area contributed by atoms with Crippen LogP contribution >= 0.6 is 54.2 Å². The van der Waals surface area contributed by atoms with Gasteiger partial charge in [-0.05, 0) is 111 Å². The third-order valence-corrected chi connectivity index (χ3v) is 22.6. The van der Waals surface area contributed by atoms with Gasteiger partial charge in [0, 0.05) is 25.1 Å². The molecule has 0 N–H and O–H groups in total. The summed E-state index contributed by atoms with van der Waals surface area (Å²) in [7, 11) is -1.14. The van der Waals surface area contributed by atoms with Crippen LogP contribution in [0, 0.1) is 0 Å². The highest BCUT2D eigenvalue weighted by molar-refractivity contribution is 9.13. The normalized spacial score (nSPS) is 13.1. The third-order valence-electron chi connectivity index (χ3n) is 9.25. The minimum Gasteiger partial charge on any atom is -0.0622 e. The maximum Gasteiger partial charge on any atom is 0.149 e. The first-order valence-corrected chi connectivity index (χ1v) is 22.3. The van der Waals surface area contributed by atoms with Crippen LogP contribution in [0.4, 0.5) is 0 Å². The Hall–Kier alpha value is -3.60. The Balaban J connectivity index is 1.65. The van der Waals surface area contributed by atoms with Gasteiger partial charge in [-0.25, -0.2) is 0 Å². The van der Waals surface area contributed by atoms with E-state index in [0.29, 0.717) is 0 Å². The highest BCUT2D eigenvalue weighted by Crippen LogP contribution is 2.65. The van der Waals surface area contributed by atoms with Crippen LogP contribution in [0.15, 0.2) is 203 Å². The molecule has 0 bridgehead atoms. The van der Waals surface area contributed by atoms with Crippen LogP contribution in [0.1, 0.15) is 11.1 Å². The number of rotatable bonds is 7. The average molecular weight is 813 g/mol. The van der Waals surface area contributed by atoms with E-state index in [1.165, 1.54) is 61.2 Å². The van der Waals surface area contributed by atoms with Crippen LogP contribution < -0.4 is 31.8 Å². The van der Waals surface area contributed by atoms with E-state index in [2.05, 4.69) is 226 Å². The second kappa shape index (κ2) is 14.0. The zero-order chi connectivity index (χ0) is 33.3. The Morgan fingerprint density at radius 2 is 0.694 bits per heavy atom. The summed E-state index contributed by atoms with van der Waals surface area (Å²) in [5.41, 5.74) is 2.65. The molecule has 1 aliphatic rings. The van der Waals surface area contributed by atoms with Crippen LogP contribution in [0.25, 0.3) is 0 Å². The molecule has 0 amide bonds. The smallest absolute Gasteiger partial charge is 0.0622 e. The van der Waals surface area contributed by atoms with Gasteiger partial charge >= 0.3 is 0 Å². The molecule has 0 spiro atoms. The molecule has 7 aromatic carbocycles. The van der Waals surface area contributed by atoms with Gasteiger partial charge in [0.1, 0.15) is 28.2 Å². The van der Waals surface area contributed by atoms with Crippen molar-refractivity contribution >= 4 is 96.1 Å². The maximum absolute atomic E-state index is 3.97. The number of hydrogen-bond donors (Lipinski definition) is 0. The van der Waals surface area contributed by atoms with E-state index in [-0.39, 0.29) is 0 Å². The standard InChI is InChI=1S/C44H32Br2P3/c45-41-31-39-40(32-42(41)46)44(49(36-25-13-4-14-26-36,37-27-15-5-16-28-37)38-29-17-6-18-30-38)47-43(39)48(33-19-7-1-8-20-33,34-21-9-2-10-22-34)35-23-11-3-12-24-35/h1-32H/q+1. The molecule has 0 fully saturated rings. The van der Waals surface area contributed by atoms with E-state index in [1.54, 1.807) is 0 Å². The fourth-order valence-corrected chi connectivity index (χ4v) is 20.9. The third kappa shape index (κ3) is 5.51. The van der Waals surface area contributed by atoms with Gasteiger partial charge in [0.2, 0.25) is 0 Å². The predicted molar refractivity (Wildman–Crippen MR) is 227 cm³/mol. The van der Waals surface area contributed by atoms with Gasteiger partial charge in [0.15, 0.2) is 0 Å². The number of hydrogen-bond acceptors (Lipinski definition) is 0. The van der Waals surface area contributed by atoms with Crippen molar-refractivity contribution in [3.63, 3.8) is 0 Å². The topological polar surface area (TPSA) is 0 Å². The van der Waals surface area contributed by atoms with E-state index in [4.69, 9.17) is 0 Å². The summed E-state index contributed by atoms with van der Waals surface area (Å²) in [6.45, 7) is -2.38. The van der Waals surface area contributed by atoms with E-state index in [1.807, 2.05) is 0 Å². The molecule has 0 atom stereocenters. The molecule has 1 aliphatic heterocycles. The SMILES string of the molecule is Brc1cc2c(cc1Br)C(=P(c1ccccc1)(c1ccccc1)c1ccccc1)P=C2[P+](c1ccccc1)(c1ccccc1)c1ccccc1. The van der Waals surface area contributed by atoms with Crippen molar-refractivity contribution in [1.82, 2.24) is 0 Å². The first kappa shape index (κ1) is 32.6. The average Bonchev–Trinajstić information content (AvgIpc) is 3.53. The molecule has 0 saturated carbocycles. The minimum atomic E-state index is -2.38. The Morgan fingerprint density at radius 1 is 0.388 bits per heavy atom. The van der Waals surface area contributed by atoms with Gasteiger partial charge in [-0.2, -0.15) is 0 Å². The van der Waals surface area contributed by atoms with Crippen molar-refractivity contribution in [3.05, 3.63) is 214 Å². The first-order valence-electron chi connectivity index (χ1n) is 16.2. The molecular formula is C44H32Br2P3+. The zero-order valence-corrected chi connectivity index (χ0v) is 32.4. The fraction of sp³-hybridized carbons (Fsp3) is 0.